The molecule has 4 aliphatic carbocycles. The Morgan fingerprint density at radius 2 is 2.00 bits per heavy atom. The van der Waals surface area contributed by atoms with Crippen molar-refractivity contribution >= 4 is 28.6 Å². The molecule has 1 N–H and O–H groups in total. The number of ether oxygens (including phenoxy) is 1. The van der Waals surface area contributed by atoms with Crippen LogP contribution < -0.4 is 0 Å². The number of allylic oxidation sites excluding steroid dienone is 1. The summed E-state index contributed by atoms with van der Waals surface area (Å²) in [4.78, 5) is 35.3. The normalized spacial score (nSPS) is 41.6. The van der Waals surface area contributed by atoms with Gasteiger partial charge in [0.25, 0.3) is 0 Å². The number of hydrogen-bond donors (Lipinski definition) is 1. The molecule has 31 heavy (non-hydrogen) atoms. The molecule has 4 rings (SSSR count). The van der Waals surface area contributed by atoms with Gasteiger partial charge in [-0.2, -0.15) is 0 Å². The minimum Gasteiger partial charge on any atom is -0.466 e. The zero-order valence-corrected chi connectivity index (χ0v) is 19.8. The summed E-state index contributed by atoms with van der Waals surface area (Å²) in [6.07, 6.45) is 9.43. The molecule has 0 bridgehead atoms. The average Bonchev–Trinajstić information content (AvgIpc) is 2.95. The second kappa shape index (κ2) is 8.66. The van der Waals surface area contributed by atoms with Crippen molar-refractivity contribution in [2.24, 2.45) is 29.1 Å². The first-order chi connectivity index (χ1) is 14.6. The van der Waals surface area contributed by atoms with Crippen molar-refractivity contribution in [2.75, 3.05) is 6.61 Å². The minimum absolute atomic E-state index is 0.145. The van der Waals surface area contributed by atoms with Gasteiger partial charge in [-0.3, -0.25) is 14.4 Å². The lowest BCUT2D eigenvalue weighted by molar-refractivity contribution is -0.143. The lowest BCUT2D eigenvalue weighted by Gasteiger charge is -2.57. The molecule has 0 aromatic carbocycles. The number of hydrogen-bond acceptors (Lipinski definition) is 6. The highest BCUT2D eigenvalue weighted by Crippen LogP contribution is 2.66. The van der Waals surface area contributed by atoms with Crippen LogP contribution in [-0.2, 0) is 19.1 Å². The SMILES string of the molecule is CC(=O)OCCC[C@]1(O)CC[C@H]2[C@H]3[C@H](CC[C@@]21C)[C@H]1CCC(=O)C=C1C[C@H]3SC(C)=O. The molecule has 7 atom stereocenters. The van der Waals surface area contributed by atoms with Crippen molar-refractivity contribution < 1.29 is 24.2 Å². The first-order valence-corrected chi connectivity index (χ1v) is 12.8. The van der Waals surface area contributed by atoms with Gasteiger partial charge in [0, 0.05) is 25.5 Å². The van der Waals surface area contributed by atoms with Gasteiger partial charge in [-0.1, -0.05) is 24.3 Å². The molecule has 0 aliphatic heterocycles. The summed E-state index contributed by atoms with van der Waals surface area (Å²) in [6, 6.07) is 0. The van der Waals surface area contributed by atoms with Crippen molar-refractivity contribution in [3.05, 3.63) is 11.6 Å². The fraction of sp³-hybridized carbons (Fsp3) is 0.800. The Balaban J connectivity index is 1.58. The van der Waals surface area contributed by atoms with E-state index in [1.54, 1.807) is 6.92 Å². The van der Waals surface area contributed by atoms with Crippen LogP contribution in [-0.4, -0.2) is 39.4 Å². The second-order valence-corrected chi connectivity index (χ2v) is 11.9. The first kappa shape index (κ1) is 23.0. The lowest BCUT2D eigenvalue weighted by atomic mass is 9.50. The first-order valence-electron chi connectivity index (χ1n) is 11.9. The summed E-state index contributed by atoms with van der Waals surface area (Å²) < 4.78 is 5.11. The maximum atomic E-state index is 12.1. The van der Waals surface area contributed by atoms with Crippen molar-refractivity contribution in [2.45, 2.75) is 89.4 Å². The molecule has 5 nitrogen and oxygen atoms in total. The maximum absolute atomic E-state index is 12.1. The number of carbonyl (C=O) groups excluding carboxylic acids is 3. The van der Waals surface area contributed by atoms with Crippen LogP contribution in [0.15, 0.2) is 11.6 Å². The van der Waals surface area contributed by atoms with Crippen molar-refractivity contribution in [3.8, 4) is 0 Å². The Labute approximate surface area is 189 Å². The van der Waals surface area contributed by atoms with Gasteiger partial charge < -0.3 is 9.84 Å². The van der Waals surface area contributed by atoms with Crippen LogP contribution in [0.4, 0.5) is 0 Å². The van der Waals surface area contributed by atoms with E-state index in [0.717, 1.165) is 38.5 Å². The standard InChI is InChI=1S/C25H36O5S/c1-15(26)30-12-4-9-25(29)11-8-21-23-20(7-10-24(21,25)3)19-6-5-18(28)13-17(19)14-22(23)31-16(2)27/h13,19-23,29H,4-12,14H2,1-3H3/t19-,20+,21-,22+,23+,24-,25-/m0/s1. The summed E-state index contributed by atoms with van der Waals surface area (Å²) in [5.74, 6) is 1.73. The number of aliphatic hydroxyl groups is 1. The number of esters is 1. The third-order valence-electron chi connectivity index (χ3n) is 8.97. The van der Waals surface area contributed by atoms with Gasteiger partial charge in [0.05, 0.1) is 12.2 Å². The zero-order chi connectivity index (χ0) is 22.4. The molecular formula is C25H36O5S. The molecule has 0 aromatic rings. The molecule has 172 valence electrons. The smallest absolute Gasteiger partial charge is 0.302 e. The van der Waals surface area contributed by atoms with Crippen LogP contribution in [0.2, 0.25) is 0 Å². The maximum Gasteiger partial charge on any atom is 0.302 e. The van der Waals surface area contributed by atoms with E-state index in [1.807, 2.05) is 6.08 Å². The molecule has 6 heteroatoms. The van der Waals surface area contributed by atoms with Crippen molar-refractivity contribution in [3.63, 3.8) is 0 Å². The molecule has 0 aromatic heterocycles. The highest BCUT2D eigenvalue weighted by Gasteiger charge is 2.63. The summed E-state index contributed by atoms with van der Waals surface area (Å²) in [5.41, 5.74) is 0.355. The fourth-order valence-corrected chi connectivity index (χ4v) is 8.85. The molecule has 0 saturated heterocycles. The molecule has 3 saturated carbocycles. The van der Waals surface area contributed by atoms with Gasteiger partial charge in [0.2, 0.25) is 0 Å². The van der Waals surface area contributed by atoms with Gasteiger partial charge >= 0.3 is 5.97 Å². The van der Waals surface area contributed by atoms with Gasteiger partial charge in [-0.05, 0) is 86.5 Å². The van der Waals surface area contributed by atoms with Crippen molar-refractivity contribution in [1.29, 1.82) is 0 Å². The summed E-state index contributed by atoms with van der Waals surface area (Å²) in [5, 5.41) is 12.1. The Kier molecular flexibility index (Phi) is 6.43. The fourth-order valence-electron chi connectivity index (χ4n) is 7.60. The second-order valence-electron chi connectivity index (χ2n) is 10.5. The number of ketones is 1. The van der Waals surface area contributed by atoms with E-state index in [0.29, 0.717) is 49.5 Å². The van der Waals surface area contributed by atoms with E-state index in [2.05, 4.69) is 6.92 Å². The Bertz CT molecular complexity index is 791. The average molecular weight is 449 g/mol. The van der Waals surface area contributed by atoms with Gasteiger partial charge in [0.1, 0.15) is 0 Å². The lowest BCUT2D eigenvalue weighted by Crippen LogP contribution is -2.55. The van der Waals surface area contributed by atoms with E-state index in [4.69, 9.17) is 4.74 Å². The van der Waals surface area contributed by atoms with E-state index in [9.17, 15) is 19.5 Å². The highest BCUT2D eigenvalue weighted by molar-refractivity contribution is 8.14. The van der Waals surface area contributed by atoms with E-state index >= 15 is 0 Å². The molecule has 3 fully saturated rings. The van der Waals surface area contributed by atoms with Crippen molar-refractivity contribution in [1.82, 2.24) is 0 Å². The van der Waals surface area contributed by atoms with Crippen LogP contribution in [0.1, 0.15) is 78.6 Å². The number of thioether (sulfide) groups is 1. The Morgan fingerprint density at radius 1 is 1.23 bits per heavy atom. The number of rotatable bonds is 5. The summed E-state index contributed by atoms with van der Waals surface area (Å²) in [6.45, 7) is 5.68. The third-order valence-corrected chi connectivity index (χ3v) is 10.1. The third kappa shape index (κ3) is 4.15. The largest absolute Gasteiger partial charge is 0.466 e. The molecule has 0 radical (unpaired) electrons. The molecule has 0 spiro atoms. The van der Waals surface area contributed by atoms with Gasteiger partial charge in [0.15, 0.2) is 10.9 Å². The van der Waals surface area contributed by atoms with E-state index in [1.165, 1.54) is 24.3 Å². The Hall–Kier alpha value is -1.14. The predicted molar refractivity (Wildman–Crippen MR) is 120 cm³/mol. The number of fused-ring (bicyclic) bond motifs is 5. The molecule has 0 unspecified atom stereocenters. The van der Waals surface area contributed by atoms with Crippen LogP contribution in [0.25, 0.3) is 0 Å². The van der Waals surface area contributed by atoms with Crippen LogP contribution in [0, 0.1) is 29.1 Å². The van der Waals surface area contributed by atoms with Crippen LogP contribution >= 0.6 is 11.8 Å². The number of carbonyl (C=O) groups is 3. The molecule has 4 aliphatic rings. The molecule has 0 heterocycles. The molecular weight excluding hydrogens is 412 g/mol. The zero-order valence-electron chi connectivity index (χ0n) is 19.0. The van der Waals surface area contributed by atoms with E-state index in [-0.39, 0.29) is 27.5 Å². The van der Waals surface area contributed by atoms with Gasteiger partial charge in [-0.25, -0.2) is 0 Å². The van der Waals surface area contributed by atoms with Gasteiger partial charge in [-0.15, -0.1) is 0 Å². The van der Waals surface area contributed by atoms with E-state index < -0.39 is 5.60 Å². The van der Waals surface area contributed by atoms with Crippen LogP contribution in [0.3, 0.4) is 0 Å². The highest BCUT2D eigenvalue weighted by atomic mass is 32.2. The molecule has 0 amide bonds. The quantitative estimate of drug-likeness (QED) is 0.494. The minimum atomic E-state index is -0.743. The predicted octanol–water partition coefficient (Wildman–Crippen LogP) is 4.46. The van der Waals surface area contributed by atoms with Crippen LogP contribution in [0.5, 0.6) is 0 Å². The summed E-state index contributed by atoms with van der Waals surface area (Å²) >= 11 is 1.46. The Morgan fingerprint density at radius 3 is 2.71 bits per heavy atom. The monoisotopic (exact) mass is 448 g/mol. The summed E-state index contributed by atoms with van der Waals surface area (Å²) in [7, 11) is 0. The topological polar surface area (TPSA) is 80.7 Å².